The average molecular weight is 257 g/mol. The molecule has 0 aliphatic carbocycles. The molecular formula is C14H31N3O. The Labute approximate surface area is 113 Å². The van der Waals surface area contributed by atoms with Crippen LogP contribution in [0.3, 0.4) is 0 Å². The Morgan fingerprint density at radius 1 is 1.06 bits per heavy atom. The maximum absolute atomic E-state index is 10.6. The van der Waals surface area contributed by atoms with Crippen LogP contribution in [0.2, 0.25) is 0 Å². The molecule has 0 aromatic carbocycles. The molecule has 4 nitrogen and oxygen atoms in total. The van der Waals surface area contributed by atoms with E-state index in [4.69, 9.17) is 0 Å². The molecule has 0 unspecified atom stereocenters. The van der Waals surface area contributed by atoms with Crippen molar-refractivity contribution in [1.29, 1.82) is 0 Å². The SMILES string of the molecule is C=C(C)NCC.CCCN(CCC)CNC(C)=O. The summed E-state index contributed by atoms with van der Waals surface area (Å²) in [6.45, 7) is 17.3. The molecule has 2 N–H and O–H groups in total. The predicted octanol–water partition coefficient (Wildman–Crippen LogP) is 2.33. The first kappa shape index (κ1) is 19.3. The zero-order valence-electron chi connectivity index (χ0n) is 12.8. The molecule has 18 heavy (non-hydrogen) atoms. The third kappa shape index (κ3) is 17.4. The van der Waals surface area contributed by atoms with E-state index < -0.39 is 0 Å². The number of carbonyl (C=O) groups excluding carboxylic acids is 1. The van der Waals surface area contributed by atoms with Crippen LogP contribution in [0.25, 0.3) is 0 Å². The third-order valence-electron chi connectivity index (χ3n) is 2.11. The van der Waals surface area contributed by atoms with Crippen LogP contribution in [0.15, 0.2) is 12.3 Å². The van der Waals surface area contributed by atoms with Gasteiger partial charge in [0.1, 0.15) is 0 Å². The number of rotatable bonds is 8. The Balaban J connectivity index is 0. The molecule has 0 aromatic heterocycles. The van der Waals surface area contributed by atoms with Gasteiger partial charge >= 0.3 is 0 Å². The minimum atomic E-state index is 0.0483. The largest absolute Gasteiger partial charge is 0.389 e. The Bertz CT molecular complexity index is 211. The molecule has 0 spiro atoms. The zero-order valence-corrected chi connectivity index (χ0v) is 12.8. The van der Waals surface area contributed by atoms with E-state index in [1.54, 1.807) is 6.92 Å². The van der Waals surface area contributed by atoms with Crippen molar-refractivity contribution in [2.45, 2.75) is 47.5 Å². The van der Waals surface area contributed by atoms with Crippen molar-refractivity contribution < 1.29 is 4.79 Å². The van der Waals surface area contributed by atoms with Crippen LogP contribution in [-0.4, -0.2) is 37.1 Å². The molecule has 0 fully saturated rings. The molecule has 0 heterocycles. The van der Waals surface area contributed by atoms with E-state index in [0.29, 0.717) is 6.67 Å². The highest BCUT2D eigenvalue weighted by Gasteiger charge is 2.01. The molecule has 0 aliphatic rings. The van der Waals surface area contributed by atoms with Crippen LogP contribution in [0.1, 0.15) is 47.5 Å². The molecule has 0 bridgehead atoms. The van der Waals surface area contributed by atoms with Crippen LogP contribution in [0, 0.1) is 0 Å². The van der Waals surface area contributed by atoms with Crippen molar-refractivity contribution in [3.63, 3.8) is 0 Å². The zero-order chi connectivity index (χ0) is 14.4. The maximum Gasteiger partial charge on any atom is 0.217 e. The van der Waals surface area contributed by atoms with Gasteiger partial charge in [0.25, 0.3) is 0 Å². The van der Waals surface area contributed by atoms with Gasteiger partial charge < -0.3 is 10.6 Å². The van der Waals surface area contributed by atoms with Gasteiger partial charge in [0.05, 0.1) is 6.67 Å². The van der Waals surface area contributed by atoms with Gasteiger partial charge in [-0.05, 0) is 39.8 Å². The van der Waals surface area contributed by atoms with Crippen LogP contribution >= 0.6 is 0 Å². The fourth-order valence-corrected chi connectivity index (χ4v) is 1.43. The van der Waals surface area contributed by atoms with E-state index in [0.717, 1.165) is 38.2 Å². The summed E-state index contributed by atoms with van der Waals surface area (Å²) in [4.78, 5) is 12.9. The number of nitrogens with one attached hydrogen (secondary N) is 2. The lowest BCUT2D eigenvalue weighted by Crippen LogP contribution is -2.37. The van der Waals surface area contributed by atoms with Crippen molar-refractivity contribution in [2.75, 3.05) is 26.3 Å². The highest BCUT2D eigenvalue weighted by Crippen LogP contribution is 1.91. The summed E-state index contributed by atoms with van der Waals surface area (Å²) < 4.78 is 0. The van der Waals surface area contributed by atoms with Crippen molar-refractivity contribution in [1.82, 2.24) is 15.5 Å². The van der Waals surface area contributed by atoms with E-state index in [1.807, 2.05) is 6.92 Å². The second kappa shape index (κ2) is 14.0. The van der Waals surface area contributed by atoms with Crippen molar-refractivity contribution in [2.24, 2.45) is 0 Å². The van der Waals surface area contributed by atoms with E-state index in [1.165, 1.54) is 0 Å². The molecule has 4 heteroatoms. The number of hydrogen-bond donors (Lipinski definition) is 2. The topological polar surface area (TPSA) is 44.4 Å². The third-order valence-corrected chi connectivity index (χ3v) is 2.11. The Kier molecular flexibility index (Phi) is 15.1. The van der Waals surface area contributed by atoms with Crippen LogP contribution in [0.5, 0.6) is 0 Å². The summed E-state index contributed by atoms with van der Waals surface area (Å²) in [5, 5.41) is 5.82. The highest BCUT2D eigenvalue weighted by atomic mass is 16.1. The standard InChI is InChI=1S/C9H20N2O.C5H11N/c1-4-6-11(7-5-2)8-10-9(3)12;1-4-6-5(2)3/h4-8H2,1-3H3,(H,10,12);6H,2,4H2,1,3H3. The Morgan fingerprint density at radius 2 is 1.56 bits per heavy atom. The number of nitrogens with zero attached hydrogens (tertiary/aromatic N) is 1. The summed E-state index contributed by atoms with van der Waals surface area (Å²) >= 11 is 0. The van der Waals surface area contributed by atoms with E-state index >= 15 is 0 Å². The van der Waals surface area contributed by atoms with Gasteiger partial charge in [0.15, 0.2) is 0 Å². The van der Waals surface area contributed by atoms with Gasteiger partial charge in [-0.25, -0.2) is 0 Å². The van der Waals surface area contributed by atoms with Crippen molar-refractivity contribution in [3.05, 3.63) is 12.3 Å². The number of carbonyl (C=O) groups is 1. The summed E-state index contributed by atoms with van der Waals surface area (Å²) in [5.41, 5.74) is 1.04. The van der Waals surface area contributed by atoms with E-state index in [-0.39, 0.29) is 5.91 Å². The molecule has 0 aliphatic heterocycles. The van der Waals surface area contributed by atoms with Gasteiger partial charge in [0.2, 0.25) is 5.91 Å². The normalized spacial score (nSPS) is 9.44. The Morgan fingerprint density at radius 3 is 1.78 bits per heavy atom. The van der Waals surface area contributed by atoms with Crippen molar-refractivity contribution in [3.8, 4) is 0 Å². The van der Waals surface area contributed by atoms with Crippen LogP contribution in [0.4, 0.5) is 0 Å². The smallest absolute Gasteiger partial charge is 0.217 e. The van der Waals surface area contributed by atoms with Gasteiger partial charge in [-0.3, -0.25) is 9.69 Å². The van der Waals surface area contributed by atoms with Crippen LogP contribution in [-0.2, 0) is 4.79 Å². The molecule has 108 valence electrons. The summed E-state index contributed by atoms with van der Waals surface area (Å²) in [6.07, 6.45) is 2.28. The molecule has 1 amide bonds. The molecule has 0 aromatic rings. The minimum absolute atomic E-state index is 0.0483. The first-order chi connectivity index (χ1) is 8.47. The predicted molar refractivity (Wildman–Crippen MR) is 79.3 cm³/mol. The number of amides is 1. The molecule has 0 saturated heterocycles. The summed E-state index contributed by atoms with van der Waals surface area (Å²) in [6, 6.07) is 0. The maximum atomic E-state index is 10.6. The van der Waals surface area contributed by atoms with Gasteiger partial charge in [0, 0.05) is 19.2 Å². The fraction of sp³-hybridized carbons (Fsp3) is 0.786. The van der Waals surface area contributed by atoms with Gasteiger partial charge in [-0.15, -0.1) is 0 Å². The Hall–Kier alpha value is -1.03. The molecule has 0 atom stereocenters. The van der Waals surface area contributed by atoms with Gasteiger partial charge in [-0.1, -0.05) is 20.4 Å². The second-order valence-corrected chi connectivity index (χ2v) is 4.32. The molecule has 0 radical (unpaired) electrons. The monoisotopic (exact) mass is 257 g/mol. The second-order valence-electron chi connectivity index (χ2n) is 4.32. The fourth-order valence-electron chi connectivity index (χ4n) is 1.43. The van der Waals surface area contributed by atoms with E-state index in [9.17, 15) is 4.79 Å². The van der Waals surface area contributed by atoms with Crippen LogP contribution < -0.4 is 10.6 Å². The first-order valence-electron chi connectivity index (χ1n) is 6.83. The summed E-state index contributed by atoms with van der Waals surface area (Å²) in [7, 11) is 0. The lowest BCUT2D eigenvalue weighted by atomic mass is 10.4. The molecule has 0 saturated carbocycles. The molecular weight excluding hydrogens is 226 g/mol. The number of allylic oxidation sites excluding steroid dienone is 1. The lowest BCUT2D eigenvalue weighted by molar-refractivity contribution is -0.119. The quantitative estimate of drug-likeness (QED) is 0.656. The minimum Gasteiger partial charge on any atom is -0.389 e. The summed E-state index contributed by atoms with van der Waals surface area (Å²) in [5.74, 6) is 0.0483. The lowest BCUT2D eigenvalue weighted by Gasteiger charge is -2.20. The average Bonchev–Trinajstić information content (AvgIpc) is 2.27. The number of hydrogen-bond acceptors (Lipinski definition) is 3. The molecule has 0 rings (SSSR count). The first-order valence-corrected chi connectivity index (χ1v) is 6.83. The van der Waals surface area contributed by atoms with Gasteiger partial charge in [-0.2, -0.15) is 0 Å². The van der Waals surface area contributed by atoms with E-state index in [2.05, 4.69) is 42.9 Å². The highest BCUT2D eigenvalue weighted by molar-refractivity contribution is 5.72. The van der Waals surface area contributed by atoms with Crippen molar-refractivity contribution >= 4 is 5.91 Å².